The Balaban J connectivity index is 2.81. The van der Waals surface area contributed by atoms with Crippen LogP contribution in [0.1, 0.15) is 26.3 Å². The van der Waals surface area contributed by atoms with Gasteiger partial charge in [0.05, 0.1) is 13.2 Å². The number of carbonyl (C=O) groups is 1. The van der Waals surface area contributed by atoms with Crippen LogP contribution in [0.3, 0.4) is 0 Å². The van der Waals surface area contributed by atoms with Gasteiger partial charge in [-0.05, 0) is 35.3 Å². The fourth-order valence-electron chi connectivity index (χ4n) is 2.08. The third-order valence-electron chi connectivity index (χ3n) is 4.80. The van der Waals surface area contributed by atoms with Crippen molar-refractivity contribution in [2.45, 2.75) is 57.7 Å². The minimum absolute atomic E-state index is 0.0571. The smallest absolute Gasteiger partial charge is 0.192 e. The molecule has 0 saturated carbocycles. The Kier molecular flexibility index (Phi) is 8.63. The summed E-state index contributed by atoms with van der Waals surface area (Å²) < 4.78 is 12.0. The van der Waals surface area contributed by atoms with Crippen LogP contribution in [0.5, 0.6) is 0 Å². The highest BCUT2D eigenvalue weighted by Gasteiger charge is 2.38. The summed E-state index contributed by atoms with van der Waals surface area (Å²) in [5, 5.41) is 10.7. The Morgan fingerprint density at radius 2 is 1.88 bits per heavy atom. The summed E-state index contributed by atoms with van der Waals surface area (Å²) in [6, 6.07) is 9.73. The van der Waals surface area contributed by atoms with Crippen LogP contribution in [0.15, 0.2) is 54.6 Å². The van der Waals surface area contributed by atoms with Crippen molar-refractivity contribution < 1.29 is 19.1 Å². The summed E-state index contributed by atoms with van der Waals surface area (Å²) in [6.07, 6.45) is 2.09. The van der Waals surface area contributed by atoms with E-state index in [4.69, 9.17) is 9.16 Å². The monoisotopic (exact) mass is 376 g/mol. The first-order valence-electron chi connectivity index (χ1n) is 8.86. The van der Waals surface area contributed by atoms with Crippen LogP contribution in [-0.4, -0.2) is 38.5 Å². The van der Waals surface area contributed by atoms with Crippen molar-refractivity contribution in [1.29, 1.82) is 0 Å². The molecule has 144 valence electrons. The van der Waals surface area contributed by atoms with Gasteiger partial charge in [-0.1, -0.05) is 63.8 Å². The summed E-state index contributed by atoms with van der Waals surface area (Å²) in [5.74, 6) is 0. The summed E-state index contributed by atoms with van der Waals surface area (Å²) in [6.45, 7) is 15.2. The van der Waals surface area contributed by atoms with Gasteiger partial charge in [-0.15, -0.1) is 0 Å². The average molecular weight is 377 g/mol. The second-order valence-corrected chi connectivity index (χ2v) is 12.7. The first-order chi connectivity index (χ1) is 12.1. The largest absolute Gasteiger partial charge is 0.414 e. The topological polar surface area (TPSA) is 55.8 Å². The molecule has 0 aliphatic carbocycles. The van der Waals surface area contributed by atoms with Crippen LogP contribution in [0.4, 0.5) is 0 Å². The summed E-state index contributed by atoms with van der Waals surface area (Å²) in [5.41, 5.74) is 1.54. The van der Waals surface area contributed by atoms with E-state index in [-0.39, 0.29) is 11.6 Å². The predicted octanol–water partition coefficient (Wildman–Crippen LogP) is 4.27. The van der Waals surface area contributed by atoms with Crippen molar-refractivity contribution in [3.63, 3.8) is 0 Å². The number of aliphatic hydroxyl groups is 1. The van der Waals surface area contributed by atoms with Gasteiger partial charge in [-0.3, -0.25) is 4.79 Å². The number of aliphatic hydroxyl groups excluding tert-OH is 1. The zero-order valence-electron chi connectivity index (χ0n) is 16.6. The van der Waals surface area contributed by atoms with Crippen LogP contribution in [0.25, 0.3) is 0 Å². The molecule has 1 aromatic rings. The van der Waals surface area contributed by atoms with E-state index in [2.05, 4.69) is 40.4 Å². The SMILES string of the molecule is C=C(/C=C/C=O)[C@@H](OCc1ccccc1)[C@@H](O)CO[Si](C)(C)C(C)(C)C. The number of carbonyl (C=O) groups excluding carboxylic acids is 1. The molecule has 0 aliphatic rings. The van der Waals surface area contributed by atoms with E-state index in [1.54, 1.807) is 6.08 Å². The molecule has 0 aromatic heterocycles. The quantitative estimate of drug-likeness (QED) is 0.287. The number of hydrogen-bond donors (Lipinski definition) is 1. The molecule has 0 heterocycles. The third kappa shape index (κ3) is 7.00. The van der Waals surface area contributed by atoms with E-state index >= 15 is 0 Å². The van der Waals surface area contributed by atoms with Gasteiger partial charge in [0, 0.05) is 0 Å². The van der Waals surface area contributed by atoms with Gasteiger partial charge in [-0.2, -0.15) is 0 Å². The summed E-state index contributed by atoms with van der Waals surface area (Å²) >= 11 is 0. The number of ether oxygens (including phenoxy) is 1. The Morgan fingerprint density at radius 3 is 2.42 bits per heavy atom. The lowest BCUT2D eigenvalue weighted by Crippen LogP contribution is -2.45. The lowest BCUT2D eigenvalue weighted by atomic mass is 10.1. The minimum Gasteiger partial charge on any atom is -0.414 e. The van der Waals surface area contributed by atoms with Crippen molar-refractivity contribution in [3.8, 4) is 0 Å². The molecule has 1 aromatic carbocycles. The zero-order chi connectivity index (χ0) is 19.8. The van der Waals surface area contributed by atoms with Crippen molar-refractivity contribution in [2.24, 2.45) is 0 Å². The molecule has 2 atom stereocenters. The van der Waals surface area contributed by atoms with E-state index in [1.807, 2.05) is 30.3 Å². The number of rotatable bonds is 10. The Morgan fingerprint density at radius 1 is 1.27 bits per heavy atom. The van der Waals surface area contributed by atoms with E-state index in [1.165, 1.54) is 6.08 Å². The van der Waals surface area contributed by atoms with Gasteiger partial charge >= 0.3 is 0 Å². The molecular formula is C21H32O4Si. The van der Waals surface area contributed by atoms with Gasteiger partial charge < -0.3 is 14.3 Å². The van der Waals surface area contributed by atoms with E-state index in [0.717, 1.165) is 5.56 Å². The van der Waals surface area contributed by atoms with E-state index in [9.17, 15) is 9.90 Å². The second kappa shape index (κ2) is 9.97. The first kappa shape index (κ1) is 22.5. The third-order valence-corrected chi connectivity index (χ3v) is 9.30. The van der Waals surface area contributed by atoms with Gasteiger partial charge in [0.1, 0.15) is 18.5 Å². The molecule has 0 saturated heterocycles. The lowest BCUT2D eigenvalue weighted by molar-refractivity contribution is -0.104. The zero-order valence-corrected chi connectivity index (χ0v) is 17.6. The predicted molar refractivity (Wildman–Crippen MR) is 109 cm³/mol. The molecule has 4 nitrogen and oxygen atoms in total. The van der Waals surface area contributed by atoms with Crippen molar-refractivity contribution in [1.82, 2.24) is 0 Å². The van der Waals surface area contributed by atoms with Gasteiger partial charge in [-0.25, -0.2) is 0 Å². The fourth-order valence-corrected chi connectivity index (χ4v) is 3.10. The number of aldehydes is 1. The molecule has 0 unspecified atom stereocenters. The summed E-state index contributed by atoms with van der Waals surface area (Å²) in [7, 11) is -1.98. The highest BCUT2D eigenvalue weighted by Crippen LogP contribution is 2.36. The van der Waals surface area contributed by atoms with Gasteiger partial charge in [0.15, 0.2) is 8.32 Å². The molecule has 1 rings (SSSR count). The van der Waals surface area contributed by atoms with Crippen LogP contribution in [0.2, 0.25) is 18.1 Å². The van der Waals surface area contributed by atoms with E-state index < -0.39 is 20.5 Å². The standard InChI is InChI=1S/C21H32O4Si/c1-17(11-10-14-22)20(24-15-18-12-8-7-9-13-18)19(23)16-25-26(5,6)21(2,3)4/h7-14,19-20,23H,1,15-16H2,2-6H3/b11-10+/t19-,20+/m0/s1. The fraction of sp³-hybridized carbons (Fsp3) is 0.476. The first-order valence-corrected chi connectivity index (χ1v) is 11.8. The maximum Gasteiger partial charge on any atom is 0.192 e. The molecule has 0 fully saturated rings. The molecule has 0 bridgehead atoms. The second-order valence-electron chi connectivity index (χ2n) is 7.93. The molecule has 0 amide bonds. The van der Waals surface area contributed by atoms with Crippen LogP contribution in [-0.2, 0) is 20.6 Å². The number of benzene rings is 1. The van der Waals surface area contributed by atoms with Crippen LogP contribution < -0.4 is 0 Å². The molecule has 26 heavy (non-hydrogen) atoms. The molecule has 0 aliphatic heterocycles. The summed E-state index contributed by atoms with van der Waals surface area (Å²) in [4.78, 5) is 10.6. The van der Waals surface area contributed by atoms with Crippen LogP contribution in [0, 0.1) is 0 Å². The van der Waals surface area contributed by atoms with E-state index in [0.29, 0.717) is 18.5 Å². The average Bonchev–Trinajstić information content (AvgIpc) is 2.58. The lowest BCUT2D eigenvalue weighted by Gasteiger charge is -2.37. The Labute approximate surface area is 158 Å². The van der Waals surface area contributed by atoms with Crippen molar-refractivity contribution in [3.05, 3.63) is 60.2 Å². The molecule has 5 heteroatoms. The van der Waals surface area contributed by atoms with Crippen molar-refractivity contribution >= 4 is 14.6 Å². The normalized spacial score (nSPS) is 15.0. The van der Waals surface area contributed by atoms with Gasteiger partial charge in [0.25, 0.3) is 0 Å². The number of hydrogen-bond acceptors (Lipinski definition) is 4. The minimum atomic E-state index is -1.98. The van der Waals surface area contributed by atoms with Crippen LogP contribution >= 0.6 is 0 Å². The Hall–Kier alpha value is -1.53. The Bertz CT molecular complexity index is 602. The highest BCUT2D eigenvalue weighted by atomic mass is 28.4. The van der Waals surface area contributed by atoms with Gasteiger partial charge in [0.2, 0.25) is 0 Å². The maximum atomic E-state index is 10.7. The number of allylic oxidation sites excluding steroid dienone is 1. The maximum absolute atomic E-state index is 10.7. The van der Waals surface area contributed by atoms with Crippen molar-refractivity contribution in [2.75, 3.05) is 6.61 Å². The molecule has 0 radical (unpaired) electrons. The highest BCUT2D eigenvalue weighted by molar-refractivity contribution is 6.74. The molecule has 0 spiro atoms. The molecule has 1 N–H and O–H groups in total. The molecular weight excluding hydrogens is 344 g/mol.